The molecule has 0 aliphatic carbocycles. The van der Waals surface area contributed by atoms with Crippen LogP contribution in [0.5, 0.6) is 0 Å². The van der Waals surface area contributed by atoms with Gasteiger partial charge in [0.1, 0.15) is 11.6 Å². The fourth-order valence-corrected chi connectivity index (χ4v) is 2.84. The van der Waals surface area contributed by atoms with Crippen molar-refractivity contribution in [3.63, 3.8) is 0 Å². The third-order valence-corrected chi connectivity index (χ3v) is 4.28. The summed E-state index contributed by atoms with van der Waals surface area (Å²) in [5.41, 5.74) is -0.956. The Bertz CT molecular complexity index is 1090. The molecule has 2 aromatic carbocycles. The van der Waals surface area contributed by atoms with E-state index in [-0.39, 0.29) is 22.5 Å². The molecular weight excluding hydrogens is 404 g/mol. The number of carbonyl (C=O) groups is 2. The number of nitrogens with one attached hydrogen (secondary N) is 2. The molecule has 0 saturated heterocycles. The molecule has 0 unspecified atom stereocenters. The van der Waals surface area contributed by atoms with Crippen LogP contribution in [0.2, 0.25) is 0 Å². The van der Waals surface area contributed by atoms with Crippen LogP contribution in [-0.2, 0) is 17.4 Å². The summed E-state index contributed by atoms with van der Waals surface area (Å²) in [5, 5.41) is 4.79. The highest BCUT2D eigenvalue weighted by atomic mass is 19.4. The minimum atomic E-state index is -4.59. The Morgan fingerprint density at radius 2 is 1.77 bits per heavy atom. The van der Waals surface area contributed by atoms with E-state index in [9.17, 15) is 27.2 Å². The molecule has 1 aromatic heterocycles. The number of furan rings is 1. The van der Waals surface area contributed by atoms with Gasteiger partial charge in [-0.2, -0.15) is 13.2 Å². The predicted octanol–water partition coefficient (Wildman–Crippen LogP) is 5.18. The maximum absolute atomic E-state index is 14.1. The molecule has 2 amide bonds. The van der Waals surface area contributed by atoms with Gasteiger partial charge in [-0.3, -0.25) is 9.59 Å². The lowest BCUT2D eigenvalue weighted by atomic mass is 10.0. The van der Waals surface area contributed by atoms with Crippen LogP contribution < -0.4 is 10.6 Å². The van der Waals surface area contributed by atoms with Gasteiger partial charge < -0.3 is 15.1 Å². The second-order valence-electron chi connectivity index (χ2n) is 6.42. The van der Waals surface area contributed by atoms with E-state index in [0.717, 1.165) is 12.1 Å². The van der Waals surface area contributed by atoms with E-state index in [1.165, 1.54) is 42.7 Å². The van der Waals surface area contributed by atoms with Gasteiger partial charge in [-0.1, -0.05) is 18.2 Å². The molecule has 0 atom stereocenters. The zero-order chi connectivity index (χ0) is 21.9. The number of hydrogen-bond acceptors (Lipinski definition) is 3. The first-order chi connectivity index (χ1) is 14.1. The second-order valence-corrected chi connectivity index (χ2v) is 6.42. The van der Waals surface area contributed by atoms with E-state index in [2.05, 4.69) is 10.6 Å². The lowest BCUT2D eigenvalue weighted by molar-refractivity contribution is -0.138. The zero-order valence-corrected chi connectivity index (χ0v) is 15.6. The van der Waals surface area contributed by atoms with Crippen molar-refractivity contribution in [2.75, 3.05) is 10.6 Å². The van der Waals surface area contributed by atoms with Gasteiger partial charge in [-0.25, -0.2) is 4.39 Å². The van der Waals surface area contributed by atoms with E-state index in [0.29, 0.717) is 5.76 Å². The minimum Gasteiger partial charge on any atom is -0.469 e. The number of rotatable bonds is 5. The number of alkyl halides is 3. The Kier molecular flexibility index (Phi) is 5.91. The molecule has 9 heteroatoms. The van der Waals surface area contributed by atoms with E-state index >= 15 is 0 Å². The van der Waals surface area contributed by atoms with Crippen LogP contribution in [0.3, 0.4) is 0 Å². The van der Waals surface area contributed by atoms with Gasteiger partial charge in [-0.05, 0) is 42.8 Å². The van der Waals surface area contributed by atoms with Crippen molar-refractivity contribution in [1.29, 1.82) is 0 Å². The molecule has 0 fully saturated rings. The largest absolute Gasteiger partial charge is 0.469 e. The lowest BCUT2D eigenvalue weighted by Gasteiger charge is -2.13. The molecule has 3 rings (SSSR count). The van der Waals surface area contributed by atoms with Gasteiger partial charge in [0.05, 0.1) is 29.5 Å². The summed E-state index contributed by atoms with van der Waals surface area (Å²) in [6.45, 7) is 1.57. The molecule has 0 aliphatic rings. The molecule has 156 valence electrons. The molecule has 30 heavy (non-hydrogen) atoms. The fourth-order valence-electron chi connectivity index (χ4n) is 2.84. The number of hydrogen-bond donors (Lipinski definition) is 2. The van der Waals surface area contributed by atoms with Crippen LogP contribution in [0.4, 0.5) is 28.9 Å². The first-order valence-corrected chi connectivity index (χ1v) is 8.75. The smallest absolute Gasteiger partial charge is 0.416 e. The standard InChI is InChI=1S/C21H16F4N2O3/c1-12-15(8-9-30-12)20(29)27-18-11-14(6-7-17(18)22)26-19(28)10-13-4-2-3-5-16(13)21(23,24)25/h2-9,11H,10H2,1H3,(H,26,28)(H,27,29). The molecule has 0 radical (unpaired) electrons. The number of halogens is 4. The van der Waals surface area contributed by atoms with Crippen LogP contribution in [0.25, 0.3) is 0 Å². The molecule has 5 nitrogen and oxygen atoms in total. The topological polar surface area (TPSA) is 71.3 Å². The summed E-state index contributed by atoms with van der Waals surface area (Å²) in [6, 6.07) is 9.61. The zero-order valence-electron chi connectivity index (χ0n) is 15.6. The minimum absolute atomic E-state index is 0.116. The van der Waals surface area contributed by atoms with Crippen molar-refractivity contribution >= 4 is 23.2 Å². The second kappa shape index (κ2) is 8.40. The van der Waals surface area contributed by atoms with Crippen molar-refractivity contribution in [2.24, 2.45) is 0 Å². The van der Waals surface area contributed by atoms with E-state index in [1.807, 2.05) is 0 Å². The van der Waals surface area contributed by atoms with Gasteiger partial charge in [0.15, 0.2) is 0 Å². The summed E-state index contributed by atoms with van der Waals surface area (Å²) >= 11 is 0. The molecule has 0 spiro atoms. The van der Waals surface area contributed by atoms with Crippen molar-refractivity contribution < 1.29 is 31.6 Å². The van der Waals surface area contributed by atoms with Crippen molar-refractivity contribution in [2.45, 2.75) is 19.5 Å². The van der Waals surface area contributed by atoms with Crippen LogP contribution in [0.1, 0.15) is 27.2 Å². The van der Waals surface area contributed by atoms with E-state index < -0.39 is 35.8 Å². The third kappa shape index (κ3) is 4.86. The summed E-state index contributed by atoms with van der Waals surface area (Å²) < 4.78 is 58.3. The average Bonchev–Trinajstić information content (AvgIpc) is 3.10. The van der Waals surface area contributed by atoms with Gasteiger partial charge >= 0.3 is 6.18 Å². The maximum atomic E-state index is 14.1. The van der Waals surface area contributed by atoms with Crippen LogP contribution in [0, 0.1) is 12.7 Å². The van der Waals surface area contributed by atoms with Crippen molar-refractivity contribution in [3.8, 4) is 0 Å². The monoisotopic (exact) mass is 420 g/mol. The summed E-state index contributed by atoms with van der Waals surface area (Å²) in [7, 11) is 0. The highest BCUT2D eigenvalue weighted by molar-refractivity contribution is 6.05. The van der Waals surface area contributed by atoms with Gasteiger partial charge in [0.25, 0.3) is 5.91 Å². The van der Waals surface area contributed by atoms with E-state index in [4.69, 9.17) is 4.42 Å². The van der Waals surface area contributed by atoms with Crippen LogP contribution in [-0.4, -0.2) is 11.8 Å². The van der Waals surface area contributed by atoms with Crippen LogP contribution in [0.15, 0.2) is 59.2 Å². The molecule has 2 N–H and O–H groups in total. The molecule has 0 saturated carbocycles. The highest BCUT2D eigenvalue weighted by Gasteiger charge is 2.33. The van der Waals surface area contributed by atoms with Gasteiger partial charge in [0.2, 0.25) is 5.91 Å². The molecule has 0 bridgehead atoms. The Hall–Kier alpha value is -3.62. The van der Waals surface area contributed by atoms with Crippen molar-refractivity contribution in [3.05, 3.63) is 83.1 Å². The molecule has 1 heterocycles. The van der Waals surface area contributed by atoms with Crippen molar-refractivity contribution in [1.82, 2.24) is 0 Å². The number of aryl methyl sites for hydroxylation is 1. The molecule has 0 aliphatic heterocycles. The number of amides is 2. The summed E-state index contributed by atoms with van der Waals surface area (Å²) in [4.78, 5) is 24.5. The average molecular weight is 420 g/mol. The fraction of sp³-hybridized carbons (Fsp3) is 0.143. The Balaban J connectivity index is 1.74. The number of anilines is 2. The Morgan fingerprint density at radius 3 is 2.43 bits per heavy atom. The molecular formula is C21H16F4N2O3. The van der Waals surface area contributed by atoms with Gasteiger partial charge in [-0.15, -0.1) is 0 Å². The first kappa shape index (κ1) is 21.1. The SMILES string of the molecule is Cc1occc1C(=O)Nc1cc(NC(=O)Cc2ccccc2C(F)(F)F)ccc1F. The Morgan fingerprint density at radius 1 is 1.03 bits per heavy atom. The number of carbonyl (C=O) groups excluding carboxylic acids is 2. The first-order valence-electron chi connectivity index (χ1n) is 8.75. The predicted molar refractivity (Wildman–Crippen MR) is 102 cm³/mol. The third-order valence-electron chi connectivity index (χ3n) is 4.28. The van der Waals surface area contributed by atoms with Crippen LogP contribution >= 0.6 is 0 Å². The summed E-state index contributed by atoms with van der Waals surface area (Å²) in [6.07, 6.45) is -3.80. The Labute approximate surface area is 168 Å². The number of benzene rings is 2. The lowest BCUT2D eigenvalue weighted by Crippen LogP contribution is -2.18. The maximum Gasteiger partial charge on any atom is 0.416 e. The van der Waals surface area contributed by atoms with E-state index in [1.54, 1.807) is 6.92 Å². The highest BCUT2D eigenvalue weighted by Crippen LogP contribution is 2.32. The normalized spacial score (nSPS) is 11.2. The quantitative estimate of drug-likeness (QED) is 0.559. The summed E-state index contributed by atoms with van der Waals surface area (Å²) in [5.74, 6) is -1.73. The molecule has 3 aromatic rings. The van der Waals surface area contributed by atoms with Gasteiger partial charge in [0, 0.05) is 5.69 Å².